The van der Waals surface area contributed by atoms with Crippen molar-refractivity contribution in [3.05, 3.63) is 51.8 Å². The molecule has 0 amide bonds. The van der Waals surface area contributed by atoms with E-state index in [0.717, 1.165) is 35.3 Å². The third-order valence-electron chi connectivity index (χ3n) is 5.53. The van der Waals surface area contributed by atoms with Crippen molar-refractivity contribution >= 4 is 11.6 Å². The summed E-state index contributed by atoms with van der Waals surface area (Å²) in [5.41, 5.74) is 3.95. The van der Waals surface area contributed by atoms with Crippen LogP contribution in [0.15, 0.2) is 24.3 Å². The zero-order valence-corrected chi connectivity index (χ0v) is 17.1. The van der Waals surface area contributed by atoms with Gasteiger partial charge in [-0.2, -0.15) is 4.68 Å². The van der Waals surface area contributed by atoms with E-state index in [2.05, 4.69) is 27.5 Å². The molecule has 0 radical (unpaired) electrons. The molecule has 8 nitrogen and oxygen atoms in total. The van der Waals surface area contributed by atoms with Gasteiger partial charge >= 0.3 is 0 Å². The van der Waals surface area contributed by atoms with Crippen molar-refractivity contribution in [2.45, 2.75) is 19.4 Å². The minimum absolute atomic E-state index is 0.189. The summed E-state index contributed by atoms with van der Waals surface area (Å²) in [6.07, 6.45) is 0.868. The second-order valence-electron chi connectivity index (χ2n) is 7.23. The van der Waals surface area contributed by atoms with Gasteiger partial charge in [0, 0.05) is 17.1 Å². The molecule has 0 N–H and O–H groups in total. The van der Waals surface area contributed by atoms with Gasteiger partial charge in [-0.1, -0.05) is 17.7 Å². The molecular formula is C20H20ClN5O3. The number of likely N-dealkylation sites (N-methyl/N-ethyl adjacent to an activating group) is 1. The van der Waals surface area contributed by atoms with Crippen molar-refractivity contribution in [2.75, 3.05) is 27.5 Å². The molecule has 5 rings (SSSR count). The quantitative estimate of drug-likeness (QED) is 0.653. The van der Waals surface area contributed by atoms with Crippen LogP contribution in [0.4, 0.5) is 0 Å². The first-order chi connectivity index (χ1) is 14.1. The van der Waals surface area contributed by atoms with E-state index in [9.17, 15) is 0 Å². The Morgan fingerprint density at radius 1 is 1.24 bits per heavy atom. The monoisotopic (exact) mass is 413 g/mol. The van der Waals surface area contributed by atoms with Gasteiger partial charge in [-0.05, 0) is 60.1 Å². The van der Waals surface area contributed by atoms with E-state index in [1.807, 2.05) is 31.2 Å². The number of halogens is 1. The highest BCUT2D eigenvalue weighted by atomic mass is 35.5. The molecule has 0 bridgehead atoms. The van der Waals surface area contributed by atoms with Gasteiger partial charge in [0.2, 0.25) is 12.5 Å². The zero-order chi connectivity index (χ0) is 20.1. The average molecular weight is 414 g/mol. The van der Waals surface area contributed by atoms with Crippen molar-refractivity contribution in [2.24, 2.45) is 0 Å². The molecule has 0 aliphatic carbocycles. The number of nitrogens with zero attached hydrogens (tertiary/aromatic N) is 5. The van der Waals surface area contributed by atoms with Gasteiger partial charge in [0.1, 0.15) is 6.04 Å². The van der Waals surface area contributed by atoms with Gasteiger partial charge < -0.3 is 14.2 Å². The van der Waals surface area contributed by atoms with Crippen molar-refractivity contribution in [3.8, 4) is 22.9 Å². The second kappa shape index (κ2) is 6.89. The van der Waals surface area contributed by atoms with Crippen LogP contribution in [0.25, 0.3) is 5.69 Å². The third-order valence-corrected chi connectivity index (χ3v) is 5.94. The van der Waals surface area contributed by atoms with Crippen LogP contribution in [-0.4, -0.2) is 52.6 Å². The van der Waals surface area contributed by atoms with Crippen LogP contribution in [0.3, 0.4) is 0 Å². The van der Waals surface area contributed by atoms with Gasteiger partial charge in [-0.3, -0.25) is 4.90 Å². The number of aromatic nitrogens is 4. The fourth-order valence-corrected chi connectivity index (χ4v) is 4.20. The first kappa shape index (κ1) is 18.2. The lowest BCUT2D eigenvalue weighted by Crippen LogP contribution is -2.35. The van der Waals surface area contributed by atoms with Crippen LogP contribution in [-0.2, 0) is 6.42 Å². The number of fused-ring (bicyclic) bond motifs is 2. The molecule has 3 heterocycles. The molecule has 3 aromatic rings. The maximum atomic E-state index is 6.35. The van der Waals surface area contributed by atoms with Crippen molar-refractivity contribution in [1.29, 1.82) is 0 Å². The van der Waals surface area contributed by atoms with E-state index in [1.54, 1.807) is 11.8 Å². The van der Waals surface area contributed by atoms with E-state index >= 15 is 0 Å². The molecule has 0 fully saturated rings. The normalized spacial score (nSPS) is 18.0. The van der Waals surface area contributed by atoms with Crippen LogP contribution in [0.1, 0.15) is 28.6 Å². The summed E-state index contributed by atoms with van der Waals surface area (Å²) in [6.45, 7) is 3.00. The predicted octanol–water partition coefficient (Wildman–Crippen LogP) is 2.94. The van der Waals surface area contributed by atoms with Crippen molar-refractivity contribution in [1.82, 2.24) is 25.1 Å². The van der Waals surface area contributed by atoms with Crippen LogP contribution in [0.5, 0.6) is 17.2 Å². The van der Waals surface area contributed by atoms with E-state index in [0.29, 0.717) is 28.1 Å². The first-order valence-electron chi connectivity index (χ1n) is 9.33. The molecule has 0 spiro atoms. The van der Waals surface area contributed by atoms with Crippen molar-refractivity contribution < 1.29 is 14.2 Å². The summed E-state index contributed by atoms with van der Waals surface area (Å²) in [5, 5.41) is 13.2. The summed E-state index contributed by atoms with van der Waals surface area (Å²) in [4.78, 5) is 2.21. The van der Waals surface area contributed by atoms with E-state index < -0.39 is 0 Å². The Morgan fingerprint density at radius 2 is 2.10 bits per heavy atom. The maximum absolute atomic E-state index is 6.35. The predicted molar refractivity (Wildman–Crippen MR) is 106 cm³/mol. The highest BCUT2D eigenvalue weighted by molar-refractivity contribution is 6.31. The lowest BCUT2D eigenvalue weighted by molar-refractivity contribution is 0.170. The molecule has 0 saturated carbocycles. The van der Waals surface area contributed by atoms with Crippen LogP contribution >= 0.6 is 11.6 Å². The van der Waals surface area contributed by atoms with Gasteiger partial charge in [-0.15, -0.1) is 5.10 Å². The molecule has 29 heavy (non-hydrogen) atoms. The topological polar surface area (TPSA) is 74.5 Å². The minimum atomic E-state index is -0.210. The zero-order valence-electron chi connectivity index (χ0n) is 16.3. The molecule has 0 unspecified atom stereocenters. The Labute approximate surface area is 172 Å². The second-order valence-corrected chi connectivity index (χ2v) is 7.64. The SMILES string of the molecule is COc1c2c(cc3c1[C@@H](c1nnnn1-c1ccc(C)c(Cl)c1)N(C)CC3)OCO2. The van der Waals surface area contributed by atoms with E-state index in [-0.39, 0.29) is 12.8 Å². The first-order valence-corrected chi connectivity index (χ1v) is 9.70. The fourth-order valence-electron chi connectivity index (χ4n) is 4.02. The number of hydrogen-bond donors (Lipinski definition) is 0. The Kier molecular flexibility index (Phi) is 4.33. The third kappa shape index (κ3) is 2.82. The molecule has 150 valence electrons. The Balaban J connectivity index is 1.69. The van der Waals surface area contributed by atoms with E-state index in [1.165, 1.54) is 0 Å². The number of methoxy groups -OCH3 is 1. The summed E-state index contributed by atoms with van der Waals surface area (Å²) in [5.74, 6) is 2.70. The summed E-state index contributed by atoms with van der Waals surface area (Å²) < 4.78 is 18.8. The van der Waals surface area contributed by atoms with E-state index in [4.69, 9.17) is 25.8 Å². The van der Waals surface area contributed by atoms with Gasteiger partial charge in [0.25, 0.3) is 0 Å². The number of tetrazole rings is 1. The number of ether oxygens (including phenoxy) is 3. The molecule has 0 saturated heterocycles. The number of rotatable bonds is 3. The molecule has 9 heteroatoms. The lowest BCUT2D eigenvalue weighted by Gasteiger charge is -2.34. The largest absolute Gasteiger partial charge is 0.492 e. The number of benzene rings is 2. The Hall–Kier alpha value is -2.84. The highest BCUT2D eigenvalue weighted by Crippen LogP contribution is 2.50. The number of aryl methyl sites for hydroxylation is 1. The molecule has 1 atom stereocenters. The van der Waals surface area contributed by atoms with Crippen molar-refractivity contribution in [3.63, 3.8) is 0 Å². The van der Waals surface area contributed by atoms with Crippen LogP contribution in [0.2, 0.25) is 5.02 Å². The summed E-state index contributed by atoms with van der Waals surface area (Å²) >= 11 is 6.35. The molecule has 2 aliphatic heterocycles. The summed E-state index contributed by atoms with van der Waals surface area (Å²) in [7, 11) is 3.70. The van der Waals surface area contributed by atoms with Gasteiger partial charge in [0.05, 0.1) is 12.8 Å². The molecule has 2 aliphatic rings. The highest BCUT2D eigenvalue weighted by Gasteiger charge is 2.37. The fraction of sp³-hybridized carbons (Fsp3) is 0.350. The standard InChI is InChI=1S/C20H20ClN5O3/c1-11-4-5-13(9-14(11)21)26-20(22-23-24-26)17-16-12(6-7-25(17)2)8-15-18(19(16)27-3)29-10-28-15/h4-5,8-9,17H,6-7,10H2,1-3H3/t17-/m0/s1. The Bertz CT molecular complexity index is 1100. The molecular weight excluding hydrogens is 394 g/mol. The van der Waals surface area contributed by atoms with Gasteiger partial charge in [-0.25, -0.2) is 0 Å². The van der Waals surface area contributed by atoms with Crippen LogP contribution < -0.4 is 14.2 Å². The molecule has 2 aromatic carbocycles. The summed E-state index contributed by atoms with van der Waals surface area (Å²) in [6, 6.07) is 7.62. The minimum Gasteiger partial charge on any atom is -0.492 e. The average Bonchev–Trinajstić information content (AvgIpc) is 3.38. The Morgan fingerprint density at radius 3 is 2.90 bits per heavy atom. The van der Waals surface area contributed by atoms with Crippen LogP contribution in [0, 0.1) is 6.92 Å². The smallest absolute Gasteiger partial charge is 0.231 e. The molecule has 1 aromatic heterocycles. The maximum Gasteiger partial charge on any atom is 0.231 e. The van der Waals surface area contributed by atoms with Gasteiger partial charge in [0.15, 0.2) is 17.3 Å². The lowest BCUT2D eigenvalue weighted by atomic mass is 9.90. The number of hydrogen-bond acceptors (Lipinski definition) is 7.